The number of aliphatic imine (C=N–C) groups is 1. The van der Waals surface area contributed by atoms with E-state index in [1.54, 1.807) is 12.4 Å². The maximum atomic E-state index is 5.81. The van der Waals surface area contributed by atoms with Crippen LogP contribution in [0.25, 0.3) is 11.1 Å². The molecule has 1 aromatic carbocycles. The summed E-state index contributed by atoms with van der Waals surface area (Å²) in [5.41, 5.74) is 7.79. The molecule has 2 aromatic rings. The van der Waals surface area contributed by atoms with E-state index in [0.29, 0.717) is 18.3 Å². The molecule has 0 aliphatic heterocycles. The van der Waals surface area contributed by atoms with E-state index in [2.05, 4.69) is 20.3 Å². The van der Waals surface area contributed by atoms with E-state index in [4.69, 9.17) is 5.73 Å². The van der Waals surface area contributed by atoms with Crippen molar-refractivity contribution in [1.82, 2.24) is 15.3 Å². The Bertz CT molecular complexity index is 597. The molecule has 0 spiro atoms. The van der Waals surface area contributed by atoms with E-state index in [1.807, 2.05) is 51.1 Å². The van der Waals surface area contributed by atoms with Crippen LogP contribution in [-0.2, 0) is 6.54 Å². The van der Waals surface area contributed by atoms with Gasteiger partial charge in [0.05, 0.1) is 0 Å². The topological polar surface area (TPSA) is 76.2 Å². The second-order valence-electron chi connectivity index (χ2n) is 5.83. The lowest BCUT2D eigenvalue weighted by Crippen LogP contribution is -2.45. The van der Waals surface area contributed by atoms with E-state index in [9.17, 15) is 0 Å². The highest BCUT2D eigenvalue weighted by Crippen LogP contribution is 2.16. The highest BCUT2D eigenvalue weighted by Gasteiger charge is 2.09. The van der Waals surface area contributed by atoms with Gasteiger partial charge in [0.2, 0.25) is 0 Å². The largest absolute Gasteiger partial charge is 0.370 e. The maximum absolute atomic E-state index is 5.81. The van der Waals surface area contributed by atoms with E-state index in [0.717, 1.165) is 11.1 Å². The van der Waals surface area contributed by atoms with Crippen molar-refractivity contribution < 1.29 is 0 Å². The van der Waals surface area contributed by atoms with Crippen molar-refractivity contribution in [3.8, 4) is 11.1 Å². The smallest absolute Gasteiger partial charge is 0.189 e. The van der Waals surface area contributed by atoms with E-state index >= 15 is 0 Å². The maximum Gasteiger partial charge on any atom is 0.189 e. The summed E-state index contributed by atoms with van der Waals surface area (Å²) in [5, 5.41) is 3.10. The van der Waals surface area contributed by atoms with Crippen LogP contribution in [0.5, 0.6) is 0 Å². The molecule has 2 rings (SSSR count). The van der Waals surface area contributed by atoms with Crippen LogP contribution >= 0.6 is 0 Å². The van der Waals surface area contributed by atoms with Gasteiger partial charge in [0, 0.05) is 23.5 Å². The summed E-state index contributed by atoms with van der Waals surface area (Å²) in [6, 6.07) is 10.0. The molecule has 0 aliphatic rings. The zero-order valence-electron chi connectivity index (χ0n) is 12.7. The minimum atomic E-state index is -0.106. The number of hydrogen-bond acceptors (Lipinski definition) is 3. The number of rotatable bonds is 3. The number of aromatic nitrogens is 2. The monoisotopic (exact) mass is 283 g/mol. The minimum Gasteiger partial charge on any atom is -0.370 e. The Hall–Kier alpha value is -2.43. The van der Waals surface area contributed by atoms with Gasteiger partial charge in [0.25, 0.3) is 0 Å². The van der Waals surface area contributed by atoms with Crippen LogP contribution in [0.2, 0.25) is 0 Å². The third-order valence-corrected chi connectivity index (χ3v) is 2.71. The molecule has 0 aliphatic carbocycles. The molecule has 1 aromatic heterocycles. The first-order chi connectivity index (χ1) is 9.94. The fourth-order valence-corrected chi connectivity index (χ4v) is 1.80. The Kier molecular flexibility index (Phi) is 4.52. The molecule has 5 nitrogen and oxygen atoms in total. The highest BCUT2D eigenvalue weighted by atomic mass is 15.1. The van der Waals surface area contributed by atoms with Crippen LogP contribution < -0.4 is 11.1 Å². The van der Waals surface area contributed by atoms with Gasteiger partial charge in [0.15, 0.2) is 5.96 Å². The highest BCUT2D eigenvalue weighted by molar-refractivity contribution is 5.78. The van der Waals surface area contributed by atoms with Crippen LogP contribution in [0.1, 0.15) is 26.6 Å². The molecule has 0 fully saturated rings. The number of nitrogens with two attached hydrogens (primary N) is 1. The molecule has 3 N–H and O–H groups in total. The Labute approximate surface area is 125 Å². The minimum absolute atomic E-state index is 0.106. The first-order valence-electron chi connectivity index (χ1n) is 6.88. The van der Waals surface area contributed by atoms with Gasteiger partial charge < -0.3 is 11.1 Å². The second kappa shape index (κ2) is 6.35. The predicted molar refractivity (Wildman–Crippen MR) is 85.7 cm³/mol. The summed E-state index contributed by atoms with van der Waals surface area (Å²) in [5.74, 6) is 1.05. The molecule has 110 valence electrons. The number of benzene rings is 1. The lowest BCUT2D eigenvalue weighted by Gasteiger charge is -2.20. The van der Waals surface area contributed by atoms with Crippen LogP contribution in [0.4, 0.5) is 0 Å². The van der Waals surface area contributed by atoms with Crippen LogP contribution in [-0.4, -0.2) is 21.5 Å². The molecular formula is C16H21N5. The van der Waals surface area contributed by atoms with Gasteiger partial charge >= 0.3 is 0 Å². The zero-order chi connectivity index (χ0) is 15.3. The van der Waals surface area contributed by atoms with Gasteiger partial charge in [0.1, 0.15) is 12.4 Å². The molecule has 0 bridgehead atoms. The van der Waals surface area contributed by atoms with Crippen molar-refractivity contribution in [2.24, 2.45) is 10.7 Å². The molecule has 0 radical (unpaired) electrons. The fraction of sp³-hybridized carbons (Fsp3) is 0.312. The molecule has 21 heavy (non-hydrogen) atoms. The average molecular weight is 283 g/mol. The van der Waals surface area contributed by atoms with Crippen molar-refractivity contribution in [3.63, 3.8) is 0 Å². The van der Waals surface area contributed by atoms with Gasteiger partial charge in [-0.2, -0.15) is 0 Å². The average Bonchev–Trinajstić information content (AvgIpc) is 2.45. The SMILES string of the molecule is CC(C)(C)NC(N)=NCc1ncc(-c2ccccc2)cn1. The summed E-state index contributed by atoms with van der Waals surface area (Å²) in [6.45, 7) is 6.45. The normalized spacial score (nSPS) is 12.2. The third kappa shape index (κ3) is 4.87. The first kappa shape index (κ1) is 15.0. The summed E-state index contributed by atoms with van der Waals surface area (Å²) < 4.78 is 0. The van der Waals surface area contributed by atoms with E-state index < -0.39 is 0 Å². The van der Waals surface area contributed by atoms with Crippen molar-refractivity contribution in [1.29, 1.82) is 0 Å². The van der Waals surface area contributed by atoms with Gasteiger partial charge in [-0.05, 0) is 26.3 Å². The molecule has 0 saturated heterocycles. The standard InChI is InChI=1S/C16H21N5/c1-16(2,3)21-15(17)20-11-14-18-9-13(10-19-14)12-7-5-4-6-8-12/h4-10H,11H2,1-3H3,(H3,17,20,21). The van der Waals surface area contributed by atoms with Gasteiger partial charge in [-0.25, -0.2) is 15.0 Å². The molecule has 0 saturated carbocycles. The zero-order valence-corrected chi connectivity index (χ0v) is 12.7. The Balaban J connectivity index is 2.02. The van der Waals surface area contributed by atoms with Gasteiger partial charge in [-0.3, -0.25) is 0 Å². The predicted octanol–water partition coefficient (Wildman–Crippen LogP) is 2.35. The molecule has 0 unspecified atom stereocenters. The van der Waals surface area contributed by atoms with Crippen LogP contribution in [0.15, 0.2) is 47.7 Å². The Morgan fingerprint density at radius 1 is 1.10 bits per heavy atom. The fourth-order valence-electron chi connectivity index (χ4n) is 1.80. The number of nitrogens with one attached hydrogen (secondary N) is 1. The molecule has 5 heteroatoms. The first-order valence-corrected chi connectivity index (χ1v) is 6.88. The summed E-state index contributed by atoms with van der Waals surface area (Å²) in [7, 11) is 0. The molecule has 0 amide bonds. The van der Waals surface area contributed by atoms with E-state index in [-0.39, 0.29) is 5.54 Å². The van der Waals surface area contributed by atoms with Crippen molar-refractivity contribution in [2.45, 2.75) is 32.9 Å². The third-order valence-electron chi connectivity index (χ3n) is 2.71. The summed E-state index contributed by atoms with van der Waals surface area (Å²) in [4.78, 5) is 12.9. The summed E-state index contributed by atoms with van der Waals surface area (Å²) >= 11 is 0. The van der Waals surface area contributed by atoms with Crippen LogP contribution in [0, 0.1) is 0 Å². The van der Waals surface area contributed by atoms with Crippen molar-refractivity contribution in [2.75, 3.05) is 0 Å². The van der Waals surface area contributed by atoms with E-state index in [1.165, 1.54) is 0 Å². The molecule has 1 heterocycles. The number of hydrogen-bond donors (Lipinski definition) is 2. The summed E-state index contributed by atoms with van der Waals surface area (Å²) in [6.07, 6.45) is 3.61. The van der Waals surface area contributed by atoms with Crippen molar-refractivity contribution in [3.05, 3.63) is 48.5 Å². The van der Waals surface area contributed by atoms with Gasteiger partial charge in [-0.1, -0.05) is 30.3 Å². The molecule has 0 atom stereocenters. The van der Waals surface area contributed by atoms with Crippen LogP contribution in [0.3, 0.4) is 0 Å². The number of nitrogens with zero attached hydrogens (tertiary/aromatic N) is 3. The lowest BCUT2D eigenvalue weighted by atomic mass is 10.1. The number of guanidine groups is 1. The Morgan fingerprint density at radius 3 is 2.29 bits per heavy atom. The van der Waals surface area contributed by atoms with Crippen molar-refractivity contribution >= 4 is 5.96 Å². The quantitative estimate of drug-likeness (QED) is 0.669. The lowest BCUT2D eigenvalue weighted by molar-refractivity contribution is 0.508. The Morgan fingerprint density at radius 2 is 1.71 bits per heavy atom. The second-order valence-corrected chi connectivity index (χ2v) is 5.83. The molecular weight excluding hydrogens is 262 g/mol. The van der Waals surface area contributed by atoms with Gasteiger partial charge in [-0.15, -0.1) is 0 Å².